The molecule has 1 aliphatic rings. The van der Waals surface area contributed by atoms with Crippen LogP contribution in [0.5, 0.6) is 0 Å². The van der Waals surface area contributed by atoms with Crippen molar-refractivity contribution in [2.45, 2.75) is 12.6 Å². The molecule has 1 aromatic rings. The molecule has 1 saturated heterocycles. The zero-order chi connectivity index (χ0) is 13.1. The van der Waals surface area contributed by atoms with Crippen LogP contribution in [0.4, 0.5) is 4.39 Å². The standard InChI is InChI=1S/C13H19ClFN3/c1-17-4-5-18(11(7-16)9-17)8-10-2-3-13(15)12(14)6-10/h2-3,6,11H,4-5,7-9,16H2,1H3. The second-order valence-corrected chi connectivity index (χ2v) is 5.28. The van der Waals surface area contributed by atoms with Gasteiger partial charge in [0.25, 0.3) is 0 Å². The Labute approximate surface area is 112 Å². The fourth-order valence-corrected chi connectivity index (χ4v) is 2.56. The molecule has 0 saturated carbocycles. The summed E-state index contributed by atoms with van der Waals surface area (Å²) in [5.74, 6) is -0.367. The lowest BCUT2D eigenvalue weighted by molar-refractivity contribution is 0.0881. The van der Waals surface area contributed by atoms with Gasteiger partial charge in [0.1, 0.15) is 5.82 Å². The van der Waals surface area contributed by atoms with E-state index in [2.05, 4.69) is 16.8 Å². The van der Waals surface area contributed by atoms with Crippen molar-refractivity contribution >= 4 is 11.6 Å². The maximum Gasteiger partial charge on any atom is 0.141 e. The third-order valence-corrected chi connectivity index (χ3v) is 3.74. The zero-order valence-electron chi connectivity index (χ0n) is 10.6. The Hall–Kier alpha value is -0.680. The first-order valence-electron chi connectivity index (χ1n) is 6.16. The van der Waals surface area contributed by atoms with Crippen molar-refractivity contribution in [1.82, 2.24) is 9.80 Å². The summed E-state index contributed by atoms with van der Waals surface area (Å²) in [6, 6.07) is 5.26. The molecule has 100 valence electrons. The van der Waals surface area contributed by atoms with E-state index in [0.29, 0.717) is 12.6 Å². The van der Waals surface area contributed by atoms with E-state index < -0.39 is 0 Å². The van der Waals surface area contributed by atoms with Crippen molar-refractivity contribution in [3.8, 4) is 0 Å². The number of nitrogens with zero attached hydrogens (tertiary/aromatic N) is 2. The van der Waals surface area contributed by atoms with Crippen LogP contribution in [0.2, 0.25) is 5.02 Å². The summed E-state index contributed by atoms with van der Waals surface area (Å²) in [6.07, 6.45) is 0. The van der Waals surface area contributed by atoms with Gasteiger partial charge in [-0.05, 0) is 24.7 Å². The average molecular weight is 272 g/mol. The second kappa shape index (κ2) is 5.97. The lowest BCUT2D eigenvalue weighted by Crippen LogP contribution is -2.54. The van der Waals surface area contributed by atoms with Crippen molar-refractivity contribution in [2.75, 3.05) is 33.2 Å². The largest absolute Gasteiger partial charge is 0.329 e. The molecule has 1 unspecified atom stereocenters. The molecule has 0 spiro atoms. The summed E-state index contributed by atoms with van der Waals surface area (Å²) in [4.78, 5) is 4.62. The summed E-state index contributed by atoms with van der Waals surface area (Å²) < 4.78 is 13.1. The number of hydrogen-bond donors (Lipinski definition) is 1. The second-order valence-electron chi connectivity index (χ2n) is 4.87. The average Bonchev–Trinajstić information content (AvgIpc) is 2.36. The summed E-state index contributed by atoms with van der Waals surface area (Å²) in [5, 5.41) is 0.186. The zero-order valence-corrected chi connectivity index (χ0v) is 11.3. The van der Waals surface area contributed by atoms with E-state index in [1.165, 1.54) is 6.07 Å². The fraction of sp³-hybridized carbons (Fsp3) is 0.538. The van der Waals surface area contributed by atoms with Gasteiger partial charge in [-0.25, -0.2) is 4.39 Å². The van der Waals surface area contributed by atoms with Crippen LogP contribution in [0.1, 0.15) is 5.56 Å². The Morgan fingerprint density at radius 3 is 2.89 bits per heavy atom. The quantitative estimate of drug-likeness (QED) is 0.906. The molecule has 1 aromatic carbocycles. The maximum absolute atomic E-state index is 13.1. The Morgan fingerprint density at radius 2 is 2.22 bits per heavy atom. The smallest absolute Gasteiger partial charge is 0.141 e. The van der Waals surface area contributed by atoms with Crippen LogP contribution in [-0.2, 0) is 6.54 Å². The first-order valence-corrected chi connectivity index (χ1v) is 6.54. The van der Waals surface area contributed by atoms with E-state index in [-0.39, 0.29) is 10.8 Å². The minimum Gasteiger partial charge on any atom is -0.329 e. The molecule has 5 heteroatoms. The highest BCUT2D eigenvalue weighted by Crippen LogP contribution is 2.19. The molecule has 1 heterocycles. The highest BCUT2D eigenvalue weighted by Gasteiger charge is 2.23. The van der Waals surface area contributed by atoms with E-state index in [1.807, 2.05) is 0 Å². The van der Waals surface area contributed by atoms with Crippen LogP contribution in [0, 0.1) is 5.82 Å². The summed E-state index contributed by atoms with van der Waals surface area (Å²) in [6.45, 7) is 4.40. The highest BCUT2D eigenvalue weighted by atomic mass is 35.5. The van der Waals surface area contributed by atoms with Crippen LogP contribution in [0.25, 0.3) is 0 Å². The molecule has 2 rings (SSSR count). The lowest BCUT2D eigenvalue weighted by Gasteiger charge is -2.39. The first kappa shape index (κ1) is 13.7. The normalized spacial score (nSPS) is 22.3. The number of hydrogen-bond acceptors (Lipinski definition) is 3. The van der Waals surface area contributed by atoms with Gasteiger partial charge >= 0.3 is 0 Å². The van der Waals surface area contributed by atoms with Gasteiger partial charge in [0.2, 0.25) is 0 Å². The maximum atomic E-state index is 13.1. The highest BCUT2D eigenvalue weighted by molar-refractivity contribution is 6.30. The van der Waals surface area contributed by atoms with Crippen LogP contribution in [0.3, 0.4) is 0 Å². The lowest BCUT2D eigenvalue weighted by atomic mass is 10.1. The number of nitrogens with two attached hydrogens (primary N) is 1. The van der Waals surface area contributed by atoms with Crippen LogP contribution in [0.15, 0.2) is 18.2 Å². The SMILES string of the molecule is CN1CCN(Cc2ccc(F)c(Cl)c2)C(CN)C1. The molecule has 3 nitrogen and oxygen atoms in total. The molecule has 0 bridgehead atoms. The van der Waals surface area contributed by atoms with Crippen molar-refractivity contribution in [2.24, 2.45) is 5.73 Å². The Kier molecular flexibility index (Phi) is 4.56. The molecule has 0 radical (unpaired) electrons. The number of benzene rings is 1. The number of piperazine rings is 1. The summed E-state index contributed by atoms with van der Waals surface area (Å²) in [5.41, 5.74) is 6.84. The molecule has 18 heavy (non-hydrogen) atoms. The molecule has 1 fully saturated rings. The summed E-state index contributed by atoms with van der Waals surface area (Å²) >= 11 is 5.80. The topological polar surface area (TPSA) is 32.5 Å². The Morgan fingerprint density at radius 1 is 1.44 bits per heavy atom. The van der Waals surface area contributed by atoms with E-state index in [1.54, 1.807) is 12.1 Å². The van der Waals surface area contributed by atoms with Gasteiger partial charge < -0.3 is 10.6 Å². The van der Waals surface area contributed by atoms with E-state index in [9.17, 15) is 4.39 Å². The molecular formula is C13H19ClFN3. The molecular weight excluding hydrogens is 253 g/mol. The van der Waals surface area contributed by atoms with Crippen molar-refractivity contribution in [1.29, 1.82) is 0 Å². The fourth-order valence-electron chi connectivity index (χ4n) is 2.35. The third kappa shape index (κ3) is 3.20. The van der Waals surface area contributed by atoms with Gasteiger partial charge in [0.05, 0.1) is 5.02 Å². The first-order chi connectivity index (χ1) is 8.60. The van der Waals surface area contributed by atoms with E-state index in [4.69, 9.17) is 17.3 Å². The Bertz CT molecular complexity index is 413. The molecule has 2 N–H and O–H groups in total. The van der Waals surface area contributed by atoms with Gasteiger partial charge in [-0.1, -0.05) is 17.7 Å². The van der Waals surface area contributed by atoms with Crippen LogP contribution >= 0.6 is 11.6 Å². The molecule has 0 aromatic heterocycles. The molecule has 1 atom stereocenters. The predicted molar refractivity (Wildman–Crippen MR) is 72.2 cm³/mol. The number of likely N-dealkylation sites (N-methyl/N-ethyl adjacent to an activating group) is 1. The molecule has 0 aliphatic carbocycles. The molecule has 1 aliphatic heterocycles. The van der Waals surface area contributed by atoms with Gasteiger partial charge in [-0.15, -0.1) is 0 Å². The van der Waals surface area contributed by atoms with E-state index >= 15 is 0 Å². The minimum atomic E-state index is -0.367. The summed E-state index contributed by atoms with van der Waals surface area (Å²) in [7, 11) is 2.11. The van der Waals surface area contributed by atoms with Crippen LogP contribution < -0.4 is 5.73 Å². The minimum absolute atomic E-state index is 0.186. The number of rotatable bonds is 3. The van der Waals surface area contributed by atoms with Gasteiger partial charge in [-0.3, -0.25) is 4.90 Å². The molecule has 0 amide bonds. The predicted octanol–water partition coefficient (Wildman–Crippen LogP) is 1.55. The van der Waals surface area contributed by atoms with Crippen molar-refractivity contribution in [3.63, 3.8) is 0 Å². The number of halogens is 2. The van der Waals surface area contributed by atoms with Gasteiger partial charge in [-0.2, -0.15) is 0 Å². The van der Waals surface area contributed by atoms with Gasteiger partial charge in [0.15, 0.2) is 0 Å². The van der Waals surface area contributed by atoms with Crippen molar-refractivity contribution in [3.05, 3.63) is 34.6 Å². The Balaban J connectivity index is 2.05. The third-order valence-electron chi connectivity index (χ3n) is 3.45. The monoisotopic (exact) mass is 271 g/mol. The van der Waals surface area contributed by atoms with E-state index in [0.717, 1.165) is 31.7 Å². The van der Waals surface area contributed by atoms with Crippen LogP contribution in [-0.4, -0.2) is 49.1 Å². The van der Waals surface area contributed by atoms with Gasteiger partial charge in [0, 0.05) is 38.8 Å². The van der Waals surface area contributed by atoms with Crippen molar-refractivity contribution < 1.29 is 4.39 Å².